The molecule has 22 heavy (non-hydrogen) atoms. The molecule has 1 aliphatic heterocycles. The summed E-state index contributed by atoms with van der Waals surface area (Å²) in [5, 5.41) is 12.1. The van der Waals surface area contributed by atoms with Crippen molar-refractivity contribution < 1.29 is 9.90 Å². The van der Waals surface area contributed by atoms with E-state index in [1.807, 2.05) is 0 Å². The van der Waals surface area contributed by atoms with Crippen LogP contribution in [-0.2, 0) is 0 Å². The van der Waals surface area contributed by atoms with Crippen molar-refractivity contribution in [2.24, 2.45) is 11.8 Å². The van der Waals surface area contributed by atoms with Crippen LogP contribution in [0.4, 0.5) is 5.82 Å². The number of aromatic nitrogens is 2. The van der Waals surface area contributed by atoms with Crippen LogP contribution in [0.1, 0.15) is 44.1 Å². The maximum absolute atomic E-state index is 10.8. The van der Waals surface area contributed by atoms with Crippen molar-refractivity contribution in [3.63, 3.8) is 0 Å². The number of piperidine rings is 1. The van der Waals surface area contributed by atoms with Crippen molar-refractivity contribution in [3.8, 4) is 0 Å². The summed E-state index contributed by atoms with van der Waals surface area (Å²) in [5.41, 5.74) is -0.0315. The standard InChI is InChI=1S/C16H26N4O2/c1-11(2)14(20-6-4-12(3)5-7-20)9-19-15-10-17-13(8-18-15)16(21)22/h8,10-12,14H,4-7,9H2,1-3H3,(H,18,19)(H,21,22). The summed E-state index contributed by atoms with van der Waals surface area (Å²) in [6.45, 7) is 9.89. The molecule has 2 rings (SSSR count). The minimum atomic E-state index is -1.05. The van der Waals surface area contributed by atoms with E-state index in [2.05, 4.69) is 41.0 Å². The molecule has 122 valence electrons. The first-order valence-electron chi connectivity index (χ1n) is 8.00. The van der Waals surface area contributed by atoms with Gasteiger partial charge in [0.15, 0.2) is 5.69 Å². The summed E-state index contributed by atoms with van der Waals surface area (Å²) in [6, 6.07) is 0.452. The third-order valence-electron chi connectivity index (χ3n) is 4.42. The van der Waals surface area contributed by atoms with E-state index in [4.69, 9.17) is 5.11 Å². The number of carboxylic acids is 1. The SMILES string of the molecule is CC1CCN(C(CNc2cnc(C(=O)O)cn2)C(C)C)CC1. The van der Waals surface area contributed by atoms with Crippen LogP contribution in [0.15, 0.2) is 12.4 Å². The molecule has 1 atom stereocenters. The molecule has 1 aliphatic rings. The number of nitrogens with zero attached hydrogens (tertiary/aromatic N) is 3. The fourth-order valence-electron chi connectivity index (χ4n) is 2.89. The average molecular weight is 306 g/mol. The van der Waals surface area contributed by atoms with E-state index in [1.54, 1.807) is 0 Å². The van der Waals surface area contributed by atoms with Gasteiger partial charge in [-0.05, 0) is 37.8 Å². The lowest BCUT2D eigenvalue weighted by molar-refractivity contribution is 0.0690. The lowest BCUT2D eigenvalue weighted by atomic mass is 9.94. The van der Waals surface area contributed by atoms with Crippen LogP contribution in [0.5, 0.6) is 0 Å². The van der Waals surface area contributed by atoms with Crippen LogP contribution in [0.2, 0.25) is 0 Å². The Morgan fingerprint density at radius 2 is 2.05 bits per heavy atom. The second-order valence-corrected chi connectivity index (χ2v) is 6.50. The van der Waals surface area contributed by atoms with Crippen molar-refractivity contribution >= 4 is 11.8 Å². The monoisotopic (exact) mass is 306 g/mol. The quantitative estimate of drug-likeness (QED) is 0.840. The van der Waals surface area contributed by atoms with Gasteiger partial charge in [-0.3, -0.25) is 4.90 Å². The van der Waals surface area contributed by atoms with Crippen molar-refractivity contribution in [1.82, 2.24) is 14.9 Å². The molecule has 0 saturated carbocycles. The number of carbonyl (C=O) groups is 1. The molecule has 2 heterocycles. The Hall–Kier alpha value is -1.69. The van der Waals surface area contributed by atoms with Gasteiger partial charge in [-0.1, -0.05) is 20.8 Å². The zero-order valence-corrected chi connectivity index (χ0v) is 13.6. The summed E-state index contributed by atoms with van der Waals surface area (Å²) < 4.78 is 0. The normalized spacial score (nSPS) is 18.4. The minimum absolute atomic E-state index is 0.0315. The molecule has 0 aliphatic carbocycles. The number of rotatable bonds is 6. The molecule has 6 nitrogen and oxygen atoms in total. The molecule has 0 aromatic carbocycles. The Kier molecular flexibility index (Phi) is 5.71. The van der Waals surface area contributed by atoms with Gasteiger partial charge in [0, 0.05) is 12.6 Å². The molecule has 1 aromatic heterocycles. The van der Waals surface area contributed by atoms with Crippen molar-refractivity contribution in [1.29, 1.82) is 0 Å². The van der Waals surface area contributed by atoms with Gasteiger partial charge in [-0.25, -0.2) is 14.8 Å². The Morgan fingerprint density at radius 3 is 2.55 bits per heavy atom. The number of hydrogen-bond donors (Lipinski definition) is 2. The third kappa shape index (κ3) is 4.40. The van der Waals surface area contributed by atoms with Crippen LogP contribution in [-0.4, -0.2) is 51.6 Å². The van der Waals surface area contributed by atoms with E-state index in [0.717, 1.165) is 25.6 Å². The summed E-state index contributed by atoms with van der Waals surface area (Å²) in [5.74, 6) is 0.946. The lowest BCUT2D eigenvalue weighted by Gasteiger charge is -2.39. The van der Waals surface area contributed by atoms with Gasteiger partial charge in [-0.15, -0.1) is 0 Å². The summed E-state index contributed by atoms with van der Waals surface area (Å²) >= 11 is 0. The molecule has 0 amide bonds. The maximum atomic E-state index is 10.8. The van der Waals surface area contributed by atoms with Crippen molar-refractivity contribution in [2.75, 3.05) is 25.0 Å². The van der Waals surface area contributed by atoms with Gasteiger partial charge >= 0.3 is 5.97 Å². The first kappa shape index (κ1) is 16.7. The van der Waals surface area contributed by atoms with Gasteiger partial charge < -0.3 is 10.4 Å². The lowest BCUT2D eigenvalue weighted by Crippen LogP contribution is -2.47. The molecule has 0 radical (unpaired) electrons. The highest BCUT2D eigenvalue weighted by Crippen LogP contribution is 2.21. The second-order valence-electron chi connectivity index (χ2n) is 6.50. The van der Waals surface area contributed by atoms with Crippen LogP contribution in [0.3, 0.4) is 0 Å². The molecule has 1 unspecified atom stereocenters. The van der Waals surface area contributed by atoms with E-state index in [0.29, 0.717) is 17.8 Å². The second kappa shape index (κ2) is 7.54. The first-order valence-corrected chi connectivity index (χ1v) is 8.00. The van der Waals surface area contributed by atoms with Gasteiger partial charge in [0.25, 0.3) is 0 Å². The van der Waals surface area contributed by atoms with Crippen LogP contribution in [0, 0.1) is 11.8 Å². The molecule has 0 spiro atoms. The Bertz CT molecular complexity index is 481. The molecule has 6 heteroatoms. The number of likely N-dealkylation sites (tertiary alicyclic amines) is 1. The van der Waals surface area contributed by atoms with Crippen molar-refractivity contribution in [2.45, 2.75) is 39.7 Å². The number of anilines is 1. The largest absolute Gasteiger partial charge is 0.476 e. The zero-order chi connectivity index (χ0) is 16.1. The predicted molar refractivity (Wildman–Crippen MR) is 86.1 cm³/mol. The highest BCUT2D eigenvalue weighted by Gasteiger charge is 2.25. The molecule has 1 aromatic rings. The highest BCUT2D eigenvalue weighted by atomic mass is 16.4. The minimum Gasteiger partial charge on any atom is -0.476 e. The van der Waals surface area contributed by atoms with E-state index in [9.17, 15) is 4.79 Å². The van der Waals surface area contributed by atoms with Gasteiger partial charge in [0.05, 0.1) is 12.4 Å². The number of aromatic carboxylic acids is 1. The fraction of sp³-hybridized carbons (Fsp3) is 0.688. The summed E-state index contributed by atoms with van der Waals surface area (Å²) in [6.07, 6.45) is 5.30. The average Bonchev–Trinajstić information content (AvgIpc) is 2.49. The van der Waals surface area contributed by atoms with Gasteiger partial charge in [-0.2, -0.15) is 0 Å². The van der Waals surface area contributed by atoms with E-state index in [-0.39, 0.29) is 5.69 Å². The van der Waals surface area contributed by atoms with E-state index >= 15 is 0 Å². The predicted octanol–water partition coefficient (Wildman–Crippen LogP) is 2.34. The molecular weight excluding hydrogens is 280 g/mol. The highest BCUT2D eigenvalue weighted by molar-refractivity contribution is 5.84. The van der Waals surface area contributed by atoms with Crippen LogP contribution in [0.25, 0.3) is 0 Å². The van der Waals surface area contributed by atoms with E-state index < -0.39 is 5.97 Å². The molecule has 2 N–H and O–H groups in total. The molecule has 1 fully saturated rings. The van der Waals surface area contributed by atoms with Gasteiger partial charge in [0.1, 0.15) is 5.82 Å². The van der Waals surface area contributed by atoms with E-state index in [1.165, 1.54) is 25.2 Å². The van der Waals surface area contributed by atoms with Crippen LogP contribution >= 0.6 is 0 Å². The number of carboxylic acid groups (broad SMARTS) is 1. The van der Waals surface area contributed by atoms with Crippen LogP contribution < -0.4 is 5.32 Å². The summed E-state index contributed by atoms with van der Waals surface area (Å²) in [4.78, 5) is 21.3. The summed E-state index contributed by atoms with van der Waals surface area (Å²) in [7, 11) is 0. The molecule has 1 saturated heterocycles. The molecule has 0 bridgehead atoms. The van der Waals surface area contributed by atoms with Crippen molar-refractivity contribution in [3.05, 3.63) is 18.1 Å². The Morgan fingerprint density at radius 1 is 1.36 bits per heavy atom. The molecular formula is C16H26N4O2. The zero-order valence-electron chi connectivity index (χ0n) is 13.6. The first-order chi connectivity index (χ1) is 10.5. The van der Waals surface area contributed by atoms with Gasteiger partial charge in [0.2, 0.25) is 0 Å². The Balaban J connectivity index is 1.92. The Labute approximate surface area is 132 Å². The topological polar surface area (TPSA) is 78.4 Å². The smallest absolute Gasteiger partial charge is 0.356 e. The fourth-order valence-corrected chi connectivity index (χ4v) is 2.89. The maximum Gasteiger partial charge on any atom is 0.356 e. The number of nitrogens with one attached hydrogen (secondary N) is 1. The third-order valence-corrected chi connectivity index (χ3v) is 4.42. The number of hydrogen-bond acceptors (Lipinski definition) is 5.